The molecule has 1 atom stereocenters. The molecule has 0 aromatic heterocycles. The molecule has 2 heteroatoms. The van der Waals surface area contributed by atoms with Crippen LogP contribution in [0.4, 0.5) is 0 Å². The summed E-state index contributed by atoms with van der Waals surface area (Å²) in [7, 11) is 0. The van der Waals surface area contributed by atoms with Crippen LogP contribution in [0.3, 0.4) is 0 Å². The topological polar surface area (TPSA) is 29.1 Å². The average Bonchev–Trinajstić information content (AvgIpc) is 3.04. The Morgan fingerprint density at radius 1 is 1.09 bits per heavy atom. The van der Waals surface area contributed by atoms with E-state index in [4.69, 9.17) is 0 Å². The maximum atomic E-state index is 12.3. The largest absolute Gasteiger partial charge is 0.355 e. The minimum atomic E-state index is 0.123. The molecule has 1 amide bonds. The summed E-state index contributed by atoms with van der Waals surface area (Å²) < 4.78 is 0. The Morgan fingerprint density at radius 2 is 1.87 bits per heavy atom. The zero-order valence-corrected chi connectivity index (χ0v) is 13.8. The molecule has 1 unspecified atom stereocenters. The van der Waals surface area contributed by atoms with Gasteiger partial charge >= 0.3 is 0 Å². The first-order valence-corrected chi connectivity index (χ1v) is 8.68. The quantitative estimate of drug-likeness (QED) is 0.858. The molecule has 0 fully saturated rings. The van der Waals surface area contributed by atoms with Gasteiger partial charge in [-0.3, -0.25) is 4.79 Å². The second kappa shape index (κ2) is 7.45. The molecule has 2 aromatic rings. The molecule has 2 nitrogen and oxygen atoms in total. The monoisotopic (exact) mass is 307 g/mol. The summed E-state index contributed by atoms with van der Waals surface area (Å²) in [6.45, 7) is 2.88. The van der Waals surface area contributed by atoms with Crippen LogP contribution in [-0.2, 0) is 24.1 Å². The van der Waals surface area contributed by atoms with E-state index in [1.165, 1.54) is 29.5 Å². The molecule has 1 N–H and O–H groups in total. The lowest BCUT2D eigenvalue weighted by atomic mass is 9.96. The minimum Gasteiger partial charge on any atom is -0.355 e. The first-order chi connectivity index (χ1) is 11.3. The van der Waals surface area contributed by atoms with Crippen LogP contribution in [-0.4, -0.2) is 12.5 Å². The van der Waals surface area contributed by atoms with E-state index in [2.05, 4.69) is 54.7 Å². The van der Waals surface area contributed by atoms with Gasteiger partial charge in [0.25, 0.3) is 0 Å². The van der Waals surface area contributed by atoms with Crippen molar-refractivity contribution in [2.45, 2.75) is 44.9 Å². The first kappa shape index (κ1) is 15.8. The van der Waals surface area contributed by atoms with Gasteiger partial charge in [0.1, 0.15) is 0 Å². The van der Waals surface area contributed by atoms with E-state index >= 15 is 0 Å². The zero-order chi connectivity index (χ0) is 16.1. The van der Waals surface area contributed by atoms with Crippen LogP contribution in [0.2, 0.25) is 0 Å². The number of hydrogen-bond acceptors (Lipinski definition) is 1. The molecular weight excluding hydrogens is 282 g/mol. The van der Waals surface area contributed by atoms with Gasteiger partial charge in [-0.2, -0.15) is 0 Å². The molecule has 0 saturated carbocycles. The van der Waals surface area contributed by atoms with Crippen molar-refractivity contribution in [3.63, 3.8) is 0 Å². The van der Waals surface area contributed by atoms with Crippen molar-refractivity contribution in [1.82, 2.24) is 5.32 Å². The lowest BCUT2D eigenvalue weighted by Gasteiger charge is -2.16. The third kappa shape index (κ3) is 4.01. The summed E-state index contributed by atoms with van der Waals surface area (Å²) >= 11 is 0. The highest BCUT2D eigenvalue weighted by Crippen LogP contribution is 2.23. The second-order valence-corrected chi connectivity index (χ2v) is 6.45. The molecule has 0 bridgehead atoms. The van der Waals surface area contributed by atoms with E-state index in [9.17, 15) is 4.79 Å². The Balaban J connectivity index is 1.55. The van der Waals surface area contributed by atoms with Gasteiger partial charge in [0.2, 0.25) is 5.91 Å². The molecule has 23 heavy (non-hydrogen) atoms. The van der Waals surface area contributed by atoms with Crippen molar-refractivity contribution in [3.05, 3.63) is 70.8 Å². The Hall–Kier alpha value is -2.09. The molecule has 0 heterocycles. The van der Waals surface area contributed by atoms with E-state index in [-0.39, 0.29) is 5.91 Å². The van der Waals surface area contributed by atoms with Gasteiger partial charge in [0.05, 0.1) is 6.42 Å². The molecule has 0 aliphatic heterocycles. The van der Waals surface area contributed by atoms with E-state index in [1.807, 2.05) is 6.07 Å². The summed E-state index contributed by atoms with van der Waals surface area (Å²) in [5, 5.41) is 3.11. The highest BCUT2D eigenvalue weighted by molar-refractivity contribution is 5.78. The van der Waals surface area contributed by atoms with Crippen LogP contribution < -0.4 is 5.32 Å². The number of aryl methyl sites for hydroxylation is 2. The smallest absolute Gasteiger partial charge is 0.224 e. The van der Waals surface area contributed by atoms with Gasteiger partial charge < -0.3 is 5.32 Å². The molecule has 2 aromatic carbocycles. The Morgan fingerprint density at radius 3 is 2.65 bits per heavy atom. The number of benzene rings is 2. The van der Waals surface area contributed by atoms with Crippen LogP contribution in [0.1, 0.15) is 47.9 Å². The van der Waals surface area contributed by atoms with Crippen LogP contribution in [0.5, 0.6) is 0 Å². The normalized spacial score (nSPS) is 14.3. The van der Waals surface area contributed by atoms with Gasteiger partial charge in [0.15, 0.2) is 0 Å². The molecule has 0 saturated heterocycles. The van der Waals surface area contributed by atoms with E-state index in [0.29, 0.717) is 18.9 Å². The van der Waals surface area contributed by atoms with Crippen molar-refractivity contribution in [2.75, 3.05) is 6.54 Å². The van der Waals surface area contributed by atoms with E-state index in [0.717, 1.165) is 18.4 Å². The average molecular weight is 307 g/mol. The fraction of sp³-hybridized carbons (Fsp3) is 0.381. The molecule has 120 valence electrons. The zero-order valence-electron chi connectivity index (χ0n) is 13.8. The second-order valence-electron chi connectivity index (χ2n) is 6.45. The lowest BCUT2D eigenvalue weighted by molar-refractivity contribution is -0.120. The minimum absolute atomic E-state index is 0.123. The molecule has 1 aliphatic carbocycles. The highest BCUT2D eigenvalue weighted by atomic mass is 16.1. The van der Waals surface area contributed by atoms with Crippen molar-refractivity contribution in [2.24, 2.45) is 0 Å². The predicted octanol–water partition coefficient (Wildman–Crippen LogP) is 4.03. The Bertz CT molecular complexity index is 663. The third-order valence-electron chi connectivity index (χ3n) is 4.84. The predicted molar refractivity (Wildman–Crippen MR) is 94.7 cm³/mol. The lowest BCUT2D eigenvalue weighted by Crippen LogP contribution is -2.29. The highest BCUT2D eigenvalue weighted by Gasteiger charge is 2.14. The Kier molecular flexibility index (Phi) is 5.12. The number of fused-ring (bicyclic) bond motifs is 1. The summed E-state index contributed by atoms with van der Waals surface area (Å²) in [4.78, 5) is 12.3. The number of carbonyl (C=O) groups excluding carboxylic acids is 1. The molecule has 0 spiro atoms. The number of amides is 1. The van der Waals surface area contributed by atoms with Gasteiger partial charge in [0, 0.05) is 12.5 Å². The Labute approximate surface area is 138 Å². The van der Waals surface area contributed by atoms with Gasteiger partial charge in [-0.1, -0.05) is 55.5 Å². The van der Waals surface area contributed by atoms with Gasteiger partial charge in [-0.05, 0) is 47.9 Å². The van der Waals surface area contributed by atoms with Crippen LogP contribution in [0, 0.1) is 0 Å². The van der Waals surface area contributed by atoms with E-state index < -0.39 is 0 Å². The maximum Gasteiger partial charge on any atom is 0.224 e. The van der Waals surface area contributed by atoms with Crippen molar-refractivity contribution < 1.29 is 4.79 Å². The molecule has 3 rings (SSSR count). The number of hydrogen-bond donors (Lipinski definition) is 1. The van der Waals surface area contributed by atoms with Gasteiger partial charge in [-0.25, -0.2) is 0 Å². The van der Waals surface area contributed by atoms with Crippen molar-refractivity contribution >= 4 is 5.91 Å². The van der Waals surface area contributed by atoms with Crippen LogP contribution in [0.15, 0.2) is 48.5 Å². The first-order valence-electron chi connectivity index (χ1n) is 8.68. The van der Waals surface area contributed by atoms with Crippen LogP contribution >= 0.6 is 0 Å². The number of carbonyl (C=O) groups is 1. The molecule has 0 radical (unpaired) electrons. The van der Waals surface area contributed by atoms with Gasteiger partial charge in [-0.15, -0.1) is 0 Å². The van der Waals surface area contributed by atoms with E-state index in [1.54, 1.807) is 0 Å². The third-order valence-corrected chi connectivity index (χ3v) is 4.84. The SMILES string of the molecule is CCC(CNC(=O)Cc1ccc2c(c1)CCC2)c1ccccc1. The maximum absolute atomic E-state index is 12.3. The summed E-state index contributed by atoms with van der Waals surface area (Å²) in [6.07, 6.45) is 5.12. The standard InChI is InChI=1S/C21H25NO/c1-2-17(18-7-4-3-5-8-18)15-22-21(23)14-16-11-12-19-9-6-10-20(19)13-16/h3-5,7-8,11-13,17H,2,6,9-10,14-15H2,1H3,(H,22,23). The fourth-order valence-corrected chi connectivity index (χ4v) is 3.44. The molecule has 1 aliphatic rings. The summed E-state index contributed by atoms with van der Waals surface area (Å²) in [5.41, 5.74) is 5.33. The van der Waals surface area contributed by atoms with Crippen molar-refractivity contribution in [1.29, 1.82) is 0 Å². The van der Waals surface area contributed by atoms with Crippen LogP contribution in [0.25, 0.3) is 0 Å². The van der Waals surface area contributed by atoms with Crippen molar-refractivity contribution in [3.8, 4) is 0 Å². The fourth-order valence-electron chi connectivity index (χ4n) is 3.44. The number of rotatable bonds is 6. The summed E-state index contributed by atoms with van der Waals surface area (Å²) in [6, 6.07) is 17.0. The summed E-state index contributed by atoms with van der Waals surface area (Å²) in [5.74, 6) is 0.512. The molecular formula is C21H25NO. The number of nitrogens with one attached hydrogen (secondary N) is 1.